The minimum absolute atomic E-state index is 0.0237. The van der Waals surface area contributed by atoms with Crippen LogP contribution in [0.25, 0.3) is 21.9 Å². The summed E-state index contributed by atoms with van der Waals surface area (Å²) in [4.78, 5) is 35.9. The second-order valence-electron chi connectivity index (χ2n) is 10.8. The van der Waals surface area contributed by atoms with Crippen molar-refractivity contribution in [1.29, 1.82) is 0 Å². The molecule has 196 valence electrons. The smallest absolute Gasteiger partial charge is 0.242 e. The Kier molecular flexibility index (Phi) is 5.29. The molecule has 4 aromatic rings. The first-order valence-electron chi connectivity index (χ1n) is 12.9. The van der Waals surface area contributed by atoms with Crippen LogP contribution in [0.4, 0.5) is 5.69 Å². The van der Waals surface area contributed by atoms with Gasteiger partial charge in [-0.3, -0.25) is 14.6 Å². The Morgan fingerprint density at radius 2 is 1.67 bits per heavy atom. The summed E-state index contributed by atoms with van der Waals surface area (Å²) in [7, 11) is -1.58. The molecule has 1 aliphatic carbocycles. The Morgan fingerprint density at radius 3 is 2.38 bits per heavy atom. The van der Waals surface area contributed by atoms with Crippen LogP contribution in [0.1, 0.15) is 24.1 Å². The number of nitrogens with two attached hydrogens (primary N) is 2. The fourth-order valence-corrected chi connectivity index (χ4v) is 6.43. The van der Waals surface area contributed by atoms with Gasteiger partial charge in [0.25, 0.3) is 0 Å². The van der Waals surface area contributed by atoms with Gasteiger partial charge in [-0.2, -0.15) is 0 Å². The number of carbonyl (C=O) groups is 2. The van der Waals surface area contributed by atoms with Gasteiger partial charge in [-0.1, -0.05) is 54.6 Å². The molecule has 2 fully saturated rings. The lowest BCUT2D eigenvalue weighted by molar-refractivity contribution is -0.146. The van der Waals surface area contributed by atoms with E-state index >= 15 is 0 Å². The molecule has 8 nitrogen and oxygen atoms in total. The maximum Gasteiger partial charge on any atom is 0.242 e. The third-order valence-corrected chi connectivity index (χ3v) is 9.09. The Bertz CT molecular complexity index is 1690. The topological polar surface area (TPSA) is 123 Å². The highest BCUT2D eigenvalue weighted by molar-refractivity contribution is 7.82. The van der Waals surface area contributed by atoms with Gasteiger partial charge < -0.3 is 15.5 Å². The Hall–Kier alpha value is -3.92. The molecule has 0 bridgehead atoms. The van der Waals surface area contributed by atoms with Crippen LogP contribution in [0.5, 0.6) is 0 Å². The summed E-state index contributed by atoms with van der Waals surface area (Å²) in [5.74, 6) is -0.0819. The number of fused-ring (bicyclic) bond motifs is 3. The summed E-state index contributed by atoms with van der Waals surface area (Å²) in [6.07, 6.45) is 3.23. The highest BCUT2D eigenvalue weighted by Crippen LogP contribution is 2.49. The highest BCUT2D eigenvalue weighted by atomic mass is 32.2. The number of aromatic nitrogens is 1. The van der Waals surface area contributed by atoms with Crippen LogP contribution >= 0.6 is 0 Å². The van der Waals surface area contributed by atoms with Crippen molar-refractivity contribution in [2.24, 2.45) is 10.9 Å². The first-order valence-corrected chi connectivity index (χ1v) is 14.2. The number of hydrogen-bond donors (Lipinski definition) is 2. The van der Waals surface area contributed by atoms with Gasteiger partial charge in [-0.25, -0.2) is 9.35 Å². The van der Waals surface area contributed by atoms with Crippen LogP contribution in [-0.4, -0.2) is 44.5 Å². The molecule has 39 heavy (non-hydrogen) atoms. The van der Waals surface area contributed by atoms with Crippen molar-refractivity contribution in [2.75, 3.05) is 18.0 Å². The Labute approximate surface area is 228 Å². The first-order chi connectivity index (χ1) is 18.8. The zero-order chi connectivity index (χ0) is 26.9. The zero-order valence-corrected chi connectivity index (χ0v) is 22.0. The van der Waals surface area contributed by atoms with Crippen LogP contribution in [0, 0.1) is 0 Å². The predicted molar refractivity (Wildman–Crippen MR) is 150 cm³/mol. The number of benzene rings is 3. The zero-order valence-electron chi connectivity index (χ0n) is 21.2. The van der Waals surface area contributed by atoms with E-state index in [0.29, 0.717) is 30.8 Å². The van der Waals surface area contributed by atoms with Gasteiger partial charge in [0.2, 0.25) is 11.8 Å². The standard InChI is InChI=1S/C30H27N5O3S/c31-30(13-14-30)28(37)34-17-29(18-34)23-7-3-4-8-25(23)35(27(29)36)16-24-26(19-9-11-21(12-10-19)39(32)38)22-6-2-1-5-20(22)15-33-24/h1-12,15H,13-14,16-18,31-32H2. The van der Waals surface area contributed by atoms with Gasteiger partial charge in [0.05, 0.1) is 22.7 Å². The molecule has 2 amide bonds. The van der Waals surface area contributed by atoms with Gasteiger partial charge >= 0.3 is 0 Å². The highest BCUT2D eigenvalue weighted by Gasteiger charge is 2.62. The summed E-state index contributed by atoms with van der Waals surface area (Å²) in [5, 5.41) is 7.57. The quantitative estimate of drug-likeness (QED) is 0.405. The van der Waals surface area contributed by atoms with E-state index in [4.69, 9.17) is 15.9 Å². The van der Waals surface area contributed by atoms with Crippen LogP contribution in [0.15, 0.2) is 83.9 Å². The molecule has 4 N–H and O–H groups in total. The lowest BCUT2D eigenvalue weighted by Gasteiger charge is -2.47. The van der Waals surface area contributed by atoms with Gasteiger partial charge in [-0.15, -0.1) is 0 Å². The van der Waals surface area contributed by atoms with E-state index in [2.05, 4.69) is 0 Å². The Morgan fingerprint density at radius 1 is 0.974 bits per heavy atom. The van der Waals surface area contributed by atoms with Gasteiger partial charge in [0.1, 0.15) is 16.4 Å². The minimum Gasteiger partial charge on any atom is -0.338 e. The normalized spacial score (nSPS) is 19.2. The molecule has 1 saturated carbocycles. The minimum atomic E-state index is -1.58. The van der Waals surface area contributed by atoms with Gasteiger partial charge in [-0.05, 0) is 47.6 Å². The second kappa shape index (κ2) is 8.54. The number of anilines is 1. The van der Waals surface area contributed by atoms with Crippen LogP contribution in [-0.2, 0) is 32.5 Å². The average molecular weight is 538 g/mol. The van der Waals surface area contributed by atoms with Crippen LogP contribution in [0.2, 0.25) is 0 Å². The summed E-state index contributed by atoms with van der Waals surface area (Å²) >= 11 is 0. The fraction of sp³-hybridized carbons (Fsp3) is 0.233. The number of pyridine rings is 1. The number of rotatable bonds is 5. The molecule has 1 atom stereocenters. The van der Waals surface area contributed by atoms with Crippen molar-refractivity contribution in [1.82, 2.24) is 9.88 Å². The van der Waals surface area contributed by atoms with E-state index in [-0.39, 0.29) is 18.4 Å². The molecule has 2 aliphatic heterocycles. The van der Waals surface area contributed by atoms with E-state index in [0.717, 1.165) is 38.8 Å². The second-order valence-corrected chi connectivity index (χ2v) is 11.9. The van der Waals surface area contributed by atoms with E-state index in [1.807, 2.05) is 66.9 Å². The van der Waals surface area contributed by atoms with Crippen molar-refractivity contribution < 1.29 is 13.8 Å². The maximum atomic E-state index is 14.1. The summed E-state index contributed by atoms with van der Waals surface area (Å²) in [6, 6.07) is 23.1. The lowest BCUT2D eigenvalue weighted by Crippen LogP contribution is -2.67. The predicted octanol–water partition coefficient (Wildman–Crippen LogP) is 3.00. The number of likely N-dealkylation sites (tertiary alicyclic amines) is 1. The van der Waals surface area contributed by atoms with Crippen molar-refractivity contribution in [3.63, 3.8) is 0 Å². The van der Waals surface area contributed by atoms with E-state index in [1.54, 1.807) is 21.9 Å². The van der Waals surface area contributed by atoms with Gasteiger partial charge in [0.15, 0.2) is 0 Å². The molecular formula is C30H27N5O3S. The summed E-state index contributed by atoms with van der Waals surface area (Å²) < 4.78 is 11.8. The monoisotopic (exact) mass is 537 g/mol. The summed E-state index contributed by atoms with van der Waals surface area (Å²) in [6.45, 7) is 0.955. The fourth-order valence-electron chi connectivity index (χ4n) is 6.02. The molecule has 7 rings (SSSR count). The molecule has 0 radical (unpaired) electrons. The van der Waals surface area contributed by atoms with Crippen molar-refractivity contribution >= 4 is 39.3 Å². The van der Waals surface area contributed by atoms with E-state index in [1.165, 1.54) is 0 Å². The molecule has 1 spiro atoms. The number of hydrogen-bond acceptors (Lipinski definition) is 5. The molecular weight excluding hydrogens is 510 g/mol. The van der Waals surface area contributed by atoms with E-state index in [9.17, 15) is 13.8 Å². The molecule has 1 unspecified atom stereocenters. The van der Waals surface area contributed by atoms with E-state index < -0.39 is 21.9 Å². The number of nitrogens with zero attached hydrogens (tertiary/aromatic N) is 3. The molecule has 1 aromatic heterocycles. The molecule has 3 aliphatic rings. The number of amides is 2. The number of carbonyl (C=O) groups excluding carboxylic acids is 2. The molecule has 1 saturated heterocycles. The number of para-hydroxylation sites is 1. The van der Waals surface area contributed by atoms with Crippen molar-refractivity contribution in [3.05, 3.63) is 90.3 Å². The van der Waals surface area contributed by atoms with Crippen molar-refractivity contribution in [3.8, 4) is 11.1 Å². The average Bonchev–Trinajstić information content (AvgIpc) is 3.64. The maximum absolute atomic E-state index is 14.1. The van der Waals surface area contributed by atoms with Gasteiger partial charge in [0, 0.05) is 35.9 Å². The third-order valence-electron chi connectivity index (χ3n) is 8.35. The SMILES string of the molecule is NS(=O)c1ccc(-c2c(CN3C(=O)C4(CN(C(=O)C5(N)CC5)C4)c4ccccc43)ncc3ccccc23)cc1. The first kappa shape index (κ1) is 24.1. The lowest BCUT2D eigenvalue weighted by atomic mass is 9.74. The summed E-state index contributed by atoms with van der Waals surface area (Å²) in [5.41, 5.74) is 9.01. The molecule has 3 heterocycles. The largest absolute Gasteiger partial charge is 0.338 e. The molecule has 3 aromatic carbocycles. The van der Waals surface area contributed by atoms with Crippen LogP contribution < -0.4 is 15.8 Å². The molecule has 9 heteroatoms. The third kappa shape index (κ3) is 3.65. The van der Waals surface area contributed by atoms with Crippen LogP contribution in [0.3, 0.4) is 0 Å². The Balaban J connectivity index is 1.28. The van der Waals surface area contributed by atoms with Crippen molar-refractivity contribution in [2.45, 2.75) is 35.2 Å².